The summed E-state index contributed by atoms with van der Waals surface area (Å²) in [6.45, 7) is 10.9. The van der Waals surface area contributed by atoms with Crippen molar-refractivity contribution in [2.24, 2.45) is 0 Å². The standard InChI is InChI=1S/C22H34N4O3/c1-3-19-4-6-20(7-5-19)18(2)23-21(27)16-24-8-10-25(11-9-24)17-22(28)26-12-14-29-15-13-26/h4-7,18H,3,8-17H2,1-2H3,(H,23,27). The minimum atomic E-state index is 0.000777. The number of piperazine rings is 1. The Kier molecular flexibility index (Phi) is 8.03. The summed E-state index contributed by atoms with van der Waals surface area (Å²) in [7, 11) is 0. The molecule has 0 radical (unpaired) electrons. The zero-order valence-electron chi connectivity index (χ0n) is 17.7. The Morgan fingerprint density at radius 2 is 1.55 bits per heavy atom. The number of carbonyl (C=O) groups excluding carboxylic acids is 2. The van der Waals surface area contributed by atoms with E-state index in [9.17, 15) is 9.59 Å². The van der Waals surface area contributed by atoms with Crippen molar-refractivity contribution in [1.29, 1.82) is 0 Å². The Hall–Kier alpha value is -1.96. The van der Waals surface area contributed by atoms with Crippen molar-refractivity contribution in [2.75, 3.05) is 65.6 Å². The number of morpholine rings is 1. The van der Waals surface area contributed by atoms with E-state index < -0.39 is 0 Å². The van der Waals surface area contributed by atoms with Gasteiger partial charge in [0.1, 0.15) is 0 Å². The van der Waals surface area contributed by atoms with Crippen LogP contribution in [-0.2, 0) is 20.7 Å². The summed E-state index contributed by atoms with van der Waals surface area (Å²) in [4.78, 5) is 31.1. The third kappa shape index (κ3) is 6.52. The molecule has 0 aromatic heterocycles. The maximum atomic E-state index is 12.4. The predicted octanol–water partition coefficient (Wildman–Crippen LogP) is 0.903. The van der Waals surface area contributed by atoms with Crippen LogP contribution in [-0.4, -0.2) is 92.1 Å². The Balaban J connectivity index is 1.37. The second-order valence-electron chi connectivity index (χ2n) is 7.93. The first kappa shape index (κ1) is 21.7. The van der Waals surface area contributed by atoms with Gasteiger partial charge in [-0.3, -0.25) is 19.4 Å². The molecule has 1 aromatic rings. The third-order valence-electron chi connectivity index (χ3n) is 5.82. The normalized spacial score (nSPS) is 19.7. The molecule has 1 atom stereocenters. The van der Waals surface area contributed by atoms with Gasteiger partial charge < -0.3 is 15.0 Å². The lowest BCUT2D eigenvalue weighted by molar-refractivity contribution is -0.137. The fourth-order valence-corrected chi connectivity index (χ4v) is 3.83. The highest BCUT2D eigenvalue weighted by atomic mass is 16.5. The second-order valence-corrected chi connectivity index (χ2v) is 7.93. The van der Waals surface area contributed by atoms with Gasteiger partial charge in [0.15, 0.2) is 0 Å². The first-order valence-corrected chi connectivity index (χ1v) is 10.7. The van der Waals surface area contributed by atoms with Gasteiger partial charge in [0.25, 0.3) is 0 Å². The molecule has 0 saturated carbocycles. The van der Waals surface area contributed by atoms with Gasteiger partial charge in [-0.1, -0.05) is 31.2 Å². The average Bonchev–Trinajstić information content (AvgIpc) is 2.75. The topological polar surface area (TPSA) is 65.1 Å². The van der Waals surface area contributed by atoms with Crippen molar-refractivity contribution < 1.29 is 14.3 Å². The average molecular weight is 403 g/mol. The largest absolute Gasteiger partial charge is 0.378 e. The molecule has 1 N–H and O–H groups in total. The highest BCUT2D eigenvalue weighted by molar-refractivity contribution is 5.79. The van der Waals surface area contributed by atoms with Crippen LogP contribution in [0, 0.1) is 0 Å². The molecule has 0 aliphatic carbocycles. The number of aryl methyl sites for hydroxylation is 1. The van der Waals surface area contributed by atoms with E-state index in [0.29, 0.717) is 39.4 Å². The maximum Gasteiger partial charge on any atom is 0.236 e. The van der Waals surface area contributed by atoms with Gasteiger partial charge in [-0.2, -0.15) is 0 Å². The summed E-state index contributed by atoms with van der Waals surface area (Å²) in [6, 6.07) is 8.42. The molecule has 2 heterocycles. The summed E-state index contributed by atoms with van der Waals surface area (Å²) in [5, 5.41) is 3.10. The zero-order valence-corrected chi connectivity index (χ0v) is 17.7. The van der Waals surface area contributed by atoms with Gasteiger partial charge in [-0.25, -0.2) is 0 Å². The Morgan fingerprint density at radius 1 is 0.966 bits per heavy atom. The SMILES string of the molecule is CCc1ccc(C(C)NC(=O)CN2CCN(CC(=O)N3CCOCC3)CC2)cc1. The Bertz CT molecular complexity index is 665. The van der Waals surface area contributed by atoms with Crippen molar-refractivity contribution in [1.82, 2.24) is 20.0 Å². The van der Waals surface area contributed by atoms with Crippen LogP contribution in [0.4, 0.5) is 0 Å². The minimum absolute atomic E-state index is 0.000777. The zero-order chi connectivity index (χ0) is 20.6. The molecule has 29 heavy (non-hydrogen) atoms. The van der Waals surface area contributed by atoms with Crippen molar-refractivity contribution in [3.63, 3.8) is 0 Å². The molecule has 1 aromatic carbocycles. The molecule has 7 heteroatoms. The predicted molar refractivity (Wildman–Crippen MR) is 113 cm³/mol. The number of ether oxygens (including phenoxy) is 1. The molecule has 2 fully saturated rings. The van der Waals surface area contributed by atoms with E-state index in [1.807, 2.05) is 11.8 Å². The smallest absolute Gasteiger partial charge is 0.236 e. The quantitative estimate of drug-likeness (QED) is 0.734. The number of carbonyl (C=O) groups is 2. The number of rotatable bonds is 7. The molecule has 2 saturated heterocycles. The van der Waals surface area contributed by atoms with Crippen molar-refractivity contribution in [3.05, 3.63) is 35.4 Å². The molecule has 160 valence electrons. The van der Waals surface area contributed by atoms with Crippen LogP contribution in [0.15, 0.2) is 24.3 Å². The van der Waals surface area contributed by atoms with Crippen molar-refractivity contribution in [2.45, 2.75) is 26.3 Å². The van der Waals surface area contributed by atoms with E-state index >= 15 is 0 Å². The molecule has 0 spiro atoms. The van der Waals surface area contributed by atoms with Crippen LogP contribution >= 0.6 is 0 Å². The van der Waals surface area contributed by atoms with Gasteiger partial charge in [0, 0.05) is 39.3 Å². The van der Waals surface area contributed by atoms with E-state index in [1.165, 1.54) is 5.56 Å². The van der Waals surface area contributed by atoms with Crippen molar-refractivity contribution >= 4 is 11.8 Å². The fraction of sp³-hybridized carbons (Fsp3) is 0.636. The van der Waals surface area contributed by atoms with Gasteiger partial charge in [0.05, 0.1) is 32.3 Å². The van der Waals surface area contributed by atoms with E-state index in [-0.39, 0.29) is 17.9 Å². The third-order valence-corrected chi connectivity index (χ3v) is 5.82. The lowest BCUT2D eigenvalue weighted by atomic mass is 10.1. The van der Waals surface area contributed by atoms with Gasteiger partial charge in [-0.05, 0) is 24.5 Å². The first-order valence-electron chi connectivity index (χ1n) is 10.7. The van der Waals surface area contributed by atoms with Crippen LogP contribution in [0.1, 0.15) is 31.0 Å². The molecule has 1 unspecified atom stereocenters. The summed E-state index contributed by atoms with van der Waals surface area (Å²) in [5.74, 6) is 0.234. The molecule has 0 bridgehead atoms. The van der Waals surface area contributed by atoms with E-state index in [0.717, 1.165) is 38.2 Å². The van der Waals surface area contributed by atoms with Crippen LogP contribution in [0.3, 0.4) is 0 Å². The first-order chi connectivity index (χ1) is 14.0. The lowest BCUT2D eigenvalue weighted by Crippen LogP contribution is -2.53. The number of hydrogen-bond acceptors (Lipinski definition) is 5. The Morgan fingerprint density at radius 3 is 2.14 bits per heavy atom. The molecule has 2 aliphatic heterocycles. The van der Waals surface area contributed by atoms with Crippen LogP contribution < -0.4 is 5.32 Å². The number of nitrogens with one attached hydrogen (secondary N) is 1. The summed E-state index contributed by atoms with van der Waals surface area (Å²) in [5.41, 5.74) is 2.43. The summed E-state index contributed by atoms with van der Waals surface area (Å²) < 4.78 is 5.30. The van der Waals surface area contributed by atoms with E-state index in [2.05, 4.69) is 46.3 Å². The fourth-order valence-electron chi connectivity index (χ4n) is 3.83. The molecular weight excluding hydrogens is 368 g/mol. The highest BCUT2D eigenvalue weighted by Crippen LogP contribution is 2.14. The molecule has 7 nitrogen and oxygen atoms in total. The van der Waals surface area contributed by atoms with Gasteiger partial charge in [0.2, 0.25) is 11.8 Å². The molecular formula is C22H34N4O3. The van der Waals surface area contributed by atoms with E-state index in [4.69, 9.17) is 4.74 Å². The monoisotopic (exact) mass is 402 g/mol. The lowest BCUT2D eigenvalue weighted by Gasteiger charge is -2.35. The van der Waals surface area contributed by atoms with Crippen molar-refractivity contribution in [3.8, 4) is 0 Å². The number of nitrogens with zero attached hydrogens (tertiary/aromatic N) is 3. The molecule has 3 rings (SSSR count). The van der Waals surface area contributed by atoms with Crippen LogP contribution in [0.5, 0.6) is 0 Å². The van der Waals surface area contributed by atoms with Crippen LogP contribution in [0.25, 0.3) is 0 Å². The summed E-state index contributed by atoms with van der Waals surface area (Å²) in [6.07, 6.45) is 1.02. The Labute approximate surface area is 174 Å². The second kappa shape index (κ2) is 10.7. The molecule has 2 amide bonds. The number of hydrogen-bond donors (Lipinski definition) is 1. The van der Waals surface area contributed by atoms with Crippen LogP contribution in [0.2, 0.25) is 0 Å². The maximum absolute atomic E-state index is 12.4. The van der Waals surface area contributed by atoms with Gasteiger partial charge in [-0.15, -0.1) is 0 Å². The van der Waals surface area contributed by atoms with E-state index in [1.54, 1.807) is 0 Å². The molecule has 2 aliphatic rings. The van der Waals surface area contributed by atoms with Gasteiger partial charge >= 0.3 is 0 Å². The number of benzene rings is 1. The highest BCUT2D eigenvalue weighted by Gasteiger charge is 2.24. The summed E-state index contributed by atoms with van der Waals surface area (Å²) >= 11 is 0. The minimum Gasteiger partial charge on any atom is -0.378 e. The number of amides is 2.